The van der Waals surface area contributed by atoms with Crippen molar-refractivity contribution in [2.24, 2.45) is 0 Å². The van der Waals surface area contributed by atoms with Crippen LogP contribution in [0.3, 0.4) is 0 Å². The number of pyridine rings is 1. The molecular weight excluding hydrogens is 294 g/mol. The summed E-state index contributed by atoms with van der Waals surface area (Å²) in [6.45, 7) is -0.183. The van der Waals surface area contributed by atoms with E-state index in [0.29, 0.717) is 16.6 Å². The van der Waals surface area contributed by atoms with Crippen LogP contribution in [-0.4, -0.2) is 21.6 Å². The molecule has 0 radical (unpaired) electrons. The predicted molar refractivity (Wildman–Crippen MR) is 88.3 cm³/mol. The predicted octanol–water partition coefficient (Wildman–Crippen LogP) is 3.29. The van der Waals surface area contributed by atoms with Crippen molar-refractivity contribution in [3.8, 4) is 0 Å². The van der Waals surface area contributed by atoms with Gasteiger partial charge in [-0.2, -0.15) is 0 Å². The maximum Gasteiger partial charge on any atom is 0.311 e. The second-order valence-corrected chi connectivity index (χ2v) is 5.08. The average molecular weight is 309 g/mol. The van der Waals surface area contributed by atoms with Crippen molar-refractivity contribution in [3.63, 3.8) is 0 Å². The largest absolute Gasteiger partial charge is 0.394 e. The molecule has 0 saturated heterocycles. The highest BCUT2D eigenvalue weighted by molar-refractivity contribution is 5.95. The summed E-state index contributed by atoms with van der Waals surface area (Å²) in [4.78, 5) is 15.0. The van der Waals surface area contributed by atoms with Crippen molar-refractivity contribution >= 4 is 22.3 Å². The molecule has 2 N–H and O–H groups in total. The van der Waals surface area contributed by atoms with Crippen LogP contribution in [0.15, 0.2) is 60.8 Å². The molecule has 0 aliphatic heterocycles. The zero-order valence-corrected chi connectivity index (χ0v) is 12.2. The first-order valence-corrected chi connectivity index (χ1v) is 7.15. The summed E-state index contributed by atoms with van der Waals surface area (Å²) in [6, 6.07) is 16.1. The Balaban J connectivity index is 2.10. The fourth-order valence-corrected chi connectivity index (χ4v) is 2.51. The lowest BCUT2D eigenvalue weighted by atomic mass is 10.1. The fraction of sp³-hybridized carbons (Fsp3) is 0.118. The van der Waals surface area contributed by atoms with Crippen molar-refractivity contribution in [2.45, 2.75) is 6.04 Å². The number of fused-ring (bicyclic) bond motifs is 1. The van der Waals surface area contributed by atoms with Gasteiger partial charge in [0, 0.05) is 5.39 Å². The number of aliphatic hydroxyl groups is 1. The van der Waals surface area contributed by atoms with Crippen molar-refractivity contribution in [1.82, 2.24) is 4.98 Å². The minimum Gasteiger partial charge on any atom is -0.394 e. The molecule has 0 spiro atoms. The molecule has 0 amide bonds. The Hall–Kier alpha value is -2.99. The van der Waals surface area contributed by atoms with Gasteiger partial charge in [0.15, 0.2) is 0 Å². The van der Waals surface area contributed by atoms with E-state index >= 15 is 0 Å². The Morgan fingerprint density at radius 1 is 1.13 bits per heavy atom. The van der Waals surface area contributed by atoms with Crippen molar-refractivity contribution in [2.75, 3.05) is 11.9 Å². The minimum absolute atomic E-state index is 0.113. The van der Waals surface area contributed by atoms with Gasteiger partial charge in [0.25, 0.3) is 0 Å². The van der Waals surface area contributed by atoms with Crippen LogP contribution in [0.2, 0.25) is 0 Å². The smallest absolute Gasteiger partial charge is 0.311 e. The Morgan fingerprint density at radius 2 is 1.83 bits per heavy atom. The number of hydrogen-bond acceptors (Lipinski definition) is 5. The Bertz CT molecular complexity index is 837. The first-order valence-electron chi connectivity index (χ1n) is 7.15. The lowest BCUT2D eigenvalue weighted by Crippen LogP contribution is -2.16. The summed E-state index contributed by atoms with van der Waals surface area (Å²) in [5, 5.41) is 24.8. The number of rotatable bonds is 5. The first-order chi connectivity index (χ1) is 11.2. The second-order valence-electron chi connectivity index (χ2n) is 5.08. The van der Waals surface area contributed by atoms with E-state index in [0.717, 1.165) is 5.56 Å². The van der Waals surface area contributed by atoms with Crippen molar-refractivity contribution in [1.29, 1.82) is 0 Å². The van der Waals surface area contributed by atoms with Gasteiger partial charge in [-0.05, 0) is 11.6 Å². The van der Waals surface area contributed by atoms with E-state index < -0.39 is 11.0 Å². The molecule has 1 atom stereocenters. The molecule has 0 fully saturated rings. The Morgan fingerprint density at radius 3 is 2.52 bits per heavy atom. The molecule has 1 heterocycles. The lowest BCUT2D eigenvalue weighted by Gasteiger charge is -2.19. The molecule has 3 rings (SSSR count). The van der Waals surface area contributed by atoms with Gasteiger partial charge in [-0.25, -0.2) is 4.98 Å². The summed E-state index contributed by atoms with van der Waals surface area (Å²) < 4.78 is 0. The van der Waals surface area contributed by atoms with Crippen LogP contribution in [-0.2, 0) is 0 Å². The van der Waals surface area contributed by atoms with Gasteiger partial charge >= 0.3 is 5.69 Å². The highest BCUT2D eigenvalue weighted by Gasteiger charge is 2.21. The summed E-state index contributed by atoms with van der Waals surface area (Å²) in [5.74, 6) is 0. The van der Waals surface area contributed by atoms with E-state index in [1.165, 1.54) is 6.20 Å². The summed E-state index contributed by atoms with van der Waals surface area (Å²) >= 11 is 0. The molecule has 0 bridgehead atoms. The number of hydrogen-bond donors (Lipinski definition) is 2. The molecular formula is C17H15N3O3. The Labute approximate surface area is 132 Å². The van der Waals surface area contributed by atoms with Gasteiger partial charge in [-0.3, -0.25) is 10.1 Å². The summed E-state index contributed by atoms with van der Waals surface area (Å²) in [6.07, 6.45) is 1.24. The van der Waals surface area contributed by atoms with Gasteiger partial charge in [-0.1, -0.05) is 48.5 Å². The molecule has 0 saturated carbocycles. The first kappa shape index (κ1) is 14.9. The molecule has 6 nitrogen and oxygen atoms in total. The third kappa shape index (κ3) is 2.97. The van der Waals surface area contributed by atoms with E-state index in [-0.39, 0.29) is 12.3 Å². The summed E-state index contributed by atoms with van der Waals surface area (Å²) in [5.41, 5.74) is 1.76. The zero-order chi connectivity index (χ0) is 16.2. The van der Waals surface area contributed by atoms with Crippen molar-refractivity contribution in [3.05, 3.63) is 76.5 Å². The van der Waals surface area contributed by atoms with E-state index in [1.54, 1.807) is 18.2 Å². The van der Waals surface area contributed by atoms with Gasteiger partial charge < -0.3 is 10.4 Å². The average Bonchev–Trinajstić information content (AvgIpc) is 2.60. The van der Waals surface area contributed by atoms with Crippen LogP contribution >= 0.6 is 0 Å². The maximum atomic E-state index is 11.3. The molecule has 0 unspecified atom stereocenters. The van der Waals surface area contributed by atoms with E-state index in [9.17, 15) is 15.2 Å². The monoisotopic (exact) mass is 309 g/mol. The highest BCUT2D eigenvalue weighted by atomic mass is 16.6. The topological polar surface area (TPSA) is 88.3 Å². The molecule has 0 aliphatic rings. The number of benzene rings is 2. The standard InChI is InChI=1S/C17H15N3O3/c21-11-15(12-6-2-1-3-7-12)19-17-13-8-4-5-9-14(13)18-10-16(17)20(22)23/h1-10,15,21H,11H2,(H,18,19)/t15-/m0/s1. The normalized spacial score (nSPS) is 12.0. The van der Waals surface area contributed by atoms with Crippen LogP contribution < -0.4 is 5.32 Å². The number of para-hydroxylation sites is 1. The molecule has 23 heavy (non-hydrogen) atoms. The van der Waals surface area contributed by atoms with Crippen molar-refractivity contribution < 1.29 is 10.0 Å². The summed E-state index contributed by atoms with van der Waals surface area (Å²) in [7, 11) is 0. The van der Waals surface area contributed by atoms with Gasteiger partial charge in [-0.15, -0.1) is 0 Å². The van der Waals surface area contributed by atoms with Gasteiger partial charge in [0.1, 0.15) is 11.9 Å². The highest BCUT2D eigenvalue weighted by Crippen LogP contribution is 2.34. The number of anilines is 1. The SMILES string of the molecule is O=[N+]([O-])c1cnc2ccccc2c1N[C@@H](CO)c1ccccc1. The van der Waals surface area contributed by atoms with Gasteiger partial charge in [0.05, 0.1) is 23.1 Å². The van der Waals surface area contributed by atoms with Crippen LogP contribution in [0.4, 0.5) is 11.4 Å². The Kier molecular flexibility index (Phi) is 4.16. The third-order valence-corrected chi connectivity index (χ3v) is 3.66. The van der Waals surface area contributed by atoms with Crippen LogP contribution in [0.1, 0.15) is 11.6 Å². The number of nitrogens with one attached hydrogen (secondary N) is 1. The van der Waals surface area contributed by atoms with Crippen LogP contribution in [0.25, 0.3) is 10.9 Å². The molecule has 2 aromatic carbocycles. The van der Waals surface area contributed by atoms with Crippen LogP contribution in [0.5, 0.6) is 0 Å². The maximum absolute atomic E-state index is 11.3. The van der Waals surface area contributed by atoms with E-state index in [4.69, 9.17) is 0 Å². The third-order valence-electron chi connectivity index (χ3n) is 3.66. The van der Waals surface area contributed by atoms with E-state index in [1.807, 2.05) is 36.4 Å². The number of nitrogens with zero attached hydrogens (tertiary/aromatic N) is 2. The molecule has 6 heteroatoms. The molecule has 3 aromatic rings. The quantitative estimate of drug-likeness (QED) is 0.557. The molecule has 1 aromatic heterocycles. The van der Waals surface area contributed by atoms with Gasteiger partial charge in [0.2, 0.25) is 0 Å². The number of aliphatic hydroxyl groups excluding tert-OH is 1. The number of aromatic nitrogens is 1. The zero-order valence-electron chi connectivity index (χ0n) is 12.2. The molecule has 0 aliphatic carbocycles. The minimum atomic E-state index is -0.471. The second kappa shape index (κ2) is 6.41. The van der Waals surface area contributed by atoms with E-state index in [2.05, 4.69) is 10.3 Å². The lowest BCUT2D eigenvalue weighted by molar-refractivity contribution is -0.384. The molecule has 116 valence electrons. The number of nitro groups is 1. The fourth-order valence-electron chi connectivity index (χ4n) is 2.51. The van der Waals surface area contributed by atoms with Crippen LogP contribution in [0, 0.1) is 10.1 Å².